The molecule has 0 aliphatic heterocycles. The van der Waals surface area contributed by atoms with Crippen LogP contribution in [0.25, 0.3) is 0 Å². The molecular formula is C9H14N2. The number of nitrogens with one attached hydrogen (secondary N) is 1. The highest BCUT2D eigenvalue weighted by Gasteiger charge is 1.85. The Labute approximate surface area is 68.0 Å². The third kappa shape index (κ3) is 5.15. The van der Waals surface area contributed by atoms with Gasteiger partial charge in [0.15, 0.2) is 0 Å². The van der Waals surface area contributed by atoms with E-state index in [2.05, 4.69) is 23.8 Å². The lowest BCUT2D eigenvalue weighted by atomic mass is 10.2. The van der Waals surface area contributed by atoms with Gasteiger partial charge >= 0.3 is 0 Å². The monoisotopic (exact) mass is 150 g/mol. The van der Waals surface area contributed by atoms with Gasteiger partial charge in [0.1, 0.15) is 0 Å². The van der Waals surface area contributed by atoms with Crippen LogP contribution in [-0.2, 0) is 0 Å². The van der Waals surface area contributed by atoms with Crippen molar-refractivity contribution in [3.8, 4) is 0 Å². The Balaban J connectivity index is 4.34. The summed E-state index contributed by atoms with van der Waals surface area (Å²) in [7, 11) is 0. The standard InChI is InChI=1S/C9H14N2/c1-5-6-9(11-10-4)7-8(2)3/h5-7,11H,1,4H2,2-3H3/b9-6+. The van der Waals surface area contributed by atoms with Crippen molar-refractivity contribution >= 4 is 6.72 Å². The molecule has 0 aromatic carbocycles. The van der Waals surface area contributed by atoms with Crippen molar-refractivity contribution in [2.24, 2.45) is 5.10 Å². The molecule has 0 amide bonds. The van der Waals surface area contributed by atoms with Gasteiger partial charge in [-0.25, -0.2) is 0 Å². The van der Waals surface area contributed by atoms with Crippen LogP contribution >= 0.6 is 0 Å². The average molecular weight is 150 g/mol. The molecule has 0 aromatic rings. The second-order valence-electron chi connectivity index (χ2n) is 2.35. The summed E-state index contributed by atoms with van der Waals surface area (Å²) in [6.45, 7) is 10.9. The fourth-order valence-corrected chi connectivity index (χ4v) is 0.647. The van der Waals surface area contributed by atoms with Gasteiger partial charge in [0, 0.05) is 6.72 Å². The van der Waals surface area contributed by atoms with E-state index in [9.17, 15) is 0 Å². The van der Waals surface area contributed by atoms with Crippen molar-refractivity contribution in [3.05, 3.63) is 36.1 Å². The van der Waals surface area contributed by atoms with E-state index in [0.29, 0.717) is 0 Å². The predicted octanol–water partition coefficient (Wildman–Crippen LogP) is 2.23. The summed E-state index contributed by atoms with van der Waals surface area (Å²) >= 11 is 0. The fourth-order valence-electron chi connectivity index (χ4n) is 0.647. The lowest BCUT2D eigenvalue weighted by molar-refractivity contribution is 0.925. The van der Waals surface area contributed by atoms with E-state index in [-0.39, 0.29) is 0 Å². The summed E-state index contributed by atoms with van der Waals surface area (Å²) in [6, 6.07) is 0. The second kappa shape index (κ2) is 5.47. The number of hydrazone groups is 1. The second-order valence-corrected chi connectivity index (χ2v) is 2.35. The molecule has 0 fully saturated rings. The Hall–Kier alpha value is -1.31. The topological polar surface area (TPSA) is 24.4 Å². The van der Waals surface area contributed by atoms with Crippen LogP contribution in [0.4, 0.5) is 0 Å². The maximum Gasteiger partial charge on any atom is 0.0560 e. The Morgan fingerprint density at radius 1 is 1.45 bits per heavy atom. The third-order valence-electron chi connectivity index (χ3n) is 0.950. The summed E-state index contributed by atoms with van der Waals surface area (Å²) in [6.07, 6.45) is 5.50. The molecule has 0 rings (SSSR count). The average Bonchev–Trinajstić information content (AvgIpc) is 1.87. The molecule has 0 spiro atoms. The van der Waals surface area contributed by atoms with E-state index in [1.807, 2.05) is 26.0 Å². The molecule has 11 heavy (non-hydrogen) atoms. The van der Waals surface area contributed by atoms with Gasteiger partial charge in [0.2, 0.25) is 0 Å². The zero-order valence-electron chi connectivity index (χ0n) is 7.09. The molecule has 2 heteroatoms. The molecule has 0 atom stereocenters. The molecule has 0 saturated heterocycles. The highest BCUT2D eigenvalue weighted by molar-refractivity contribution is 5.27. The largest absolute Gasteiger partial charge is 0.279 e. The van der Waals surface area contributed by atoms with Crippen molar-refractivity contribution in [2.45, 2.75) is 13.8 Å². The van der Waals surface area contributed by atoms with Crippen LogP contribution in [0.2, 0.25) is 0 Å². The normalized spacial score (nSPS) is 10.2. The fraction of sp³-hybridized carbons (Fsp3) is 0.222. The Morgan fingerprint density at radius 2 is 2.09 bits per heavy atom. The van der Waals surface area contributed by atoms with E-state index >= 15 is 0 Å². The zero-order chi connectivity index (χ0) is 8.69. The van der Waals surface area contributed by atoms with Gasteiger partial charge in [-0.1, -0.05) is 18.2 Å². The third-order valence-corrected chi connectivity index (χ3v) is 0.950. The van der Waals surface area contributed by atoms with Gasteiger partial charge in [-0.05, 0) is 26.0 Å². The molecular weight excluding hydrogens is 136 g/mol. The molecule has 0 radical (unpaired) electrons. The van der Waals surface area contributed by atoms with Crippen LogP contribution in [0.3, 0.4) is 0 Å². The van der Waals surface area contributed by atoms with Gasteiger partial charge in [-0.15, -0.1) is 0 Å². The van der Waals surface area contributed by atoms with Crippen LogP contribution in [0, 0.1) is 0 Å². The van der Waals surface area contributed by atoms with Crippen LogP contribution in [0.5, 0.6) is 0 Å². The SMILES string of the molecule is C=C/C=C(\C=C(C)C)NN=C. The van der Waals surface area contributed by atoms with Gasteiger partial charge in [-0.3, -0.25) is 5.43 Å². The first kappa shape index (κ1) is 9.69. The lowest BCUT2D eigenvalue weighted by Gasteiger charge is -1.98. The minimum Gasteiger partial charge on any atom is -0.279 e. The summed E-state index contributed by atoms with van der Waals surface area (Å²) in [5.41, 5.74) is 4.84. The van der Waals surface area contributed by atoms with Crippen LogP contribution < -0.4 is 5.43 Å². The zero-order valence-corrected chi connectivity index (χ0v) is 7.09. The van der Waals surface area contributed by atoms with Crippen molar-refractivity contribution < 1.29 is 0 Å². The summed E-state index contributed by atoms with van der Waals surface area (Å²) < 4.78 is 0. The van der Waals surface area contributed by atoms with Crippen LogP contribution in [0.1, 0.15) is 13.8 Å². The van der Waals surface area contributed by atoms with Gasteiger partial charge in [0.05, 0.1) is 5.70 Å². The van der Waals surface area contributed by atoms with Crippen molar-refractivity contribution in [2.75, 3.05) is 0 Å². The van der Waals surface area contributed by atoms with E-state index in [1.54, 1.807) is 6.08 Å². The molecule has 0 bridgehead atoms. The molecule has 0 aliphatic carbocycles. The molecule has 2 nitrogen and oxygen atoms in total. The van der Waals surface area contributed by atoms with E-state index < -0.39 is 0 Å². The minimum atomic E-state index is 0.898. The first-order valence-corrected chi connectivity index (χ1v) is 3.40. The highest BCUT2D eigenvalue weighted by Crippen LogP contribution is 1.97. The predicted molar refractivity (Wildman–Crippen MR) is 50.4 cm³/mol. The van der Waals surface area contributed by atoms with E-state index in [4.69, 9.17) is 0 Å². The summed E-state index contributed by atoms with van der Waals surface area (Å²) in [5.74, 6) is 0. The molecule has 0 unspecified atom stereocenters. The quantitative estimate of drug-likeness (QED) is 0.371. The van der Waals surface area contributed by atoms with E-state index in [0.717, 1.165) is 5.70 Å². The van der Waals surface area contributed by atoms with Gasteiger partial charge < -0.3 is 0 Å². The number of rotatable bonds is 4. The van der Waals surface area contributed by atoms with Crippen molar-refractivity contribution in [1.82, 2.24) is 5.43 Å². The molecule has 0 aromatic heterocycles. The summed E-state index contributed by atoms with van der Waals surface area (Å²) in [5, 5.41) is 3.55. The maximum atomic E-state index is 3.58. The highest BCUT2D eigenvalue weighted by atomic mass is 15.3. The first-order chi connectivity index (χ1) is 5.20. The number of allylic oxidation sites excluding steroid dienone is 4. The maximum absolute atomic E-state index is 3.58. The molecule has 0 aliphatic rings. The van der Waals surface area contributed by atoms with Crippen LogP contribution in [-0.4, -0.2) is 6.72 Å². The van der Waals surface area contributed by atoms with E-state index in [1.165, 1.54) is 5.57 Å². The van der Waals surface area contributed by atoms with Crippen molar-refractivity contribution in [3.63, 3.8) is 0 Å². The Kier molecular flexibility index (Phi) is 4.82. The minimum absolute atomic E-state index is 0.898. The summed E-state index contributed by atoms with van der Waals surface area (Å²) in [4.78, 5) is 0. The Bertz CT molecular complexity index is 196. The molecule has 0 heterocycles. The van der Waals surface area contributed by atoms with Gasteiger partial charge in [-0.2, -0.15) is 5.10 Å². The number of hydrogen-bond donors (Lipinski definition) is 1. The number of hydrogen-bond acceptors (Lipinski definition) is 2. The van der Waals surface area contributed by atoms with Crippen molar-refractivity contribution in [1.29, 1.82) is 0 Å². The van der Waals surface area contributed by atoms with Crippen LogP contribution in [0.15, 0.2) is 41.2 Å². The Morgan fingerprint density at radius 3 is 2.45 bits per heavy atom. The van der Waals surface area contributed by atoms with Gasteiger partial charge in [0.25, 0.3) is 0 Å². The molecule has 0 saturated carbocycles. The molecule has 1 N–H and O–H groups in total. The smallest absolute Gasteiger partial charge is 0.0560 e. The first-order valence-electron chi connectivity index (χ1n) is 3.40. The molecule has 60 valence electrons. The lowest BCUT2D eigenvalue weighted by Crippen LogP contribution is -2.01. The number of nitrogens with zero attached hydrogens (tertiary/aromatic N) is 1.